The SMILES string of the molecule is FC(F)(F)CC(CCBr)c1ccccc1. The van der Waals surface area contributed by atoms with E-state index in [4.69, 9.17) is 0 Å². The molecule has 1 rings (SSSR count). The average molecular weight is 281 g/mol. The Bertz CT molecular complexity index is 282. The maximum atomic E-state index is 12.3. The van der Waals surface area contributed by atoms with E-state index < -0.39 is 18.5 Å². The zero-order valence-corrected chi connectivity index (χ0v) is 9.68. The largest absolute Gasteiger partial charge is 0.389 e. The van der Waals surface area contributed by atoms with Gasteiger partial charge < -0.3 is 0 Å². The maximum absolute atomic E-state index is 12.3. The summed E-state index contributed by atoms with van der Waals surface area (Å²) in [6.07, 6.45) is -4.34. The molecule has 0 fully saturated rings. The van der Waals surface area contributed by atoms with Gasteiger partial charge in [0.15, 0.2) is 0 Å². The van der Waals surface area contributed by atoms with Crippen molar-refractivity contribution in [1.29, 1.82) is 0 Å². The van der Waals surface area contributed by atoms with Crippen molar-refractivity contribution in [1.82, 2.24) is 0 Å². The molecule has 0 aromatic heterocycles. The Hall–Kier alpha value is -0.510. The molecule has 1 atom stereocenters. The van der Waals surface area contributed by atoms with Crippen LogP contribution in [-0.2, 0) is 0 Å². The molecule has 0 bridgehead atoms. The van der Waals surface area contributed by atoms with Crippen LogP contribution < -0.4 is 0 Å². The molecule has 0 radical (unpaired) electrons. The molecular weight excluding hydrogens is 269 g/mol. The molecule has 0 spiro atoms. The monoisotopic (exact) mass is 280 g/mol. The van der Waals surface area contributed by atoms with Gasteiger partial charge in [0.05, 0.1) is 6.42 Å². The second-order valence-corrected chi connectivity index (χ2v) is 4.20. The lowest BCUT2D eigenvalue weighted by Crippen LogP contribution is -2.14. The molecule has 0 nitrogen and oxygen atoms in total. The first-order valence-electron chi connectivity index (χ1n) is 4.70. The first-order chi connectivity index (χ1) is 7.03. The second-order valence-electron chi connectivity index (χ2n) is 3.40. The minimum Gasteiger partial charge on any atom is -0.171 e. The van der Waals surface area contributed by atoms with Crippen LogP contribution in [0, 0.1) is 0 Å². The summed E-state index contributed by atoms with van der Waals surface area (Å²) in [4.78, 5) is 0. The molecule has 0 saturated carbocycles. The standard InChI is InChI=1S/C11H12BrF3/c12-7-6-10(8-11(13,14)15)9-4-2-1-3-5-9/h1-5,10H,6-8H2. The Labute approximate surface area is 95.6 Å². The number of rotatable bonds is 4. The van der Waals surface area contributed by atoms with Gasteiger partial charge in [0.2, 0.25) is 0 Å². The third kappa shape index (κ3) is 4.69. The number of halogens is 4. The zero-order valence-electron chi connectivity index (χ0n) is 8.10. The van der Waals surface area contributed by atoms with E-state index in [0.29, 0.717) is 11.8 Å². The summed E-state index contributed by atoms with van der Waals surface area (Å²) in [6.45, 7) is 0. The van der Waals surface area contributed by atoms with E-state index in [9.17, 15) is 13.2 Å². The lowest BCUT2D eigenvalue weighted by Gasteiger charge is -2.17. The van der Waals surface area contributed by atoms with Gasteiger partial charge in [-0.15, -0.1) is 0 Å². The molecule has 0 aliphatic carbocycles. The molecule has 0 amide bonds. The number of benzene rings is 1. The van der Waals surface area contributed by atoms with Crippen LogP contribution in [-0.4, -0.2) is 11.5 Å². The van der Waals surface area contributed by atoms with Crippen molar-refractivity contribution in [2.75, 3.05) is 5.33 Å². The summed E-state index contributed by atoms with van der Waals surface area (Å²) in [5.41, 5.74) is 0.759. The molecule has 4 heteroatoms. The van der Waals surface area contributed by atoms with E-state index in [2.05, 4.69) is 15.9 Å². The van der Waals surface area contributed by atoms with E-state index in [1.807, 2.05) is 6.07 Å². The second kappa shape index (κ2) is 5.54. The smallest absolute Gasteiger partial charge is 0.171 e. The van der Waals surface area contributed by atoms with Crippen LogP contribution in [0.25, 0.3) is 0 Å². The molecule has 15 heavy (non-hydrogen) atoms. The highest BCUT2D eigenvalue weighted by molar-refractivity contribution is 9.09. The Morgan fingerprint density at radius 3 is 2.20 bits per heavy atom. The minimum absolute atomic E-state index is 0.439. The fourth-order valence-electron chi connectivity index (χ4n) is 1.52. The first kappa shape index (κ1) is 12.6. The highest BCUT2D eigenvalue weighted by Gasteiger charge is 2.32. The minimum atomic E-state index is -4.09. The molecule has 1 aromatic rings. The molecule has 0 saturated heterocycles. The van der Waals surface area contributed by atoms with E-state index in [0.717, 1.165) is 5.56 Å². The summed E-state index contributed by atoms with van der Waals surface area (Å²) in [5, 5.41) is 0.586. The lowest BCUT2D eigenvalue weighted by molar-refractivity contribution is -0.138. The summed E-state index contributed by atoms with van der Waals surface area (Å²) in [6, 6.07) is 8.85. The van der Waals surface area contributed by atoms with Gasteiger partial charge in [-0.05, 0) is 17.9 Å². The molecule has 1 unspecified atom stereocenters. The number of hydrogen-bond donors (Lipinski definition) is 0. The van der Waals surface area contributed by atoms with Crippen LogP contribution in [0.1, 0.15) is 24.3 Å². The summed E-state index contributed by atoms with van der Waals surface area (Å²) in [5.74, 6) is -0.439. The molecule has 1 aromatic carbocycles. The van der Waals surface area contributed by atoms with Gasteiger partial charge in [0.25, 0.3) is 0 Å². The topological polar surface area (TPSA) is 0 Å². The zero-order chi connectivity index (χ0) is 11.3. The fraction of sp³-hybridized carbons (Fsp3) is 0.455. The first-order valence-corrected chi connectivity index (χ1v) is 5.83. The fourth-order valence-corrected chi connectivity index (χ4v) is 2.08. The molecule has 0 N–H and O–H groups in total. The van der Waals surface area contributed by atoms with Gasteiger partial charge in [0, 0.05) is 5.33 Å². The van der Waals surface area contributed by atoms with Crippen molar-refractivity contribution in [3.63, 3.8) is 0 Å². The van der Waals surface area contributed by atoms with Gasteiger partial charge >= 0.3 is 6.18 Å². The summed E-state index contributed by atoms with van der Waals surface area (Å²) >= 11 is 3.19. The average Bonchev–Trinajstić information content (AvgIpc) is 2.17. The highest BCUT2D eigenvalue weighted by Crippen LogP contribution is 2.33. The predicted molar refractivity (Wildman–Crippen MR) is 58.3 cm³/mol. The molecule has 84 valence electrons. The van der Waals surface area contributed by atoms with E-state index >= 15 is 0 Å². The van der Waals surface area contributed by atoms with Gasteiger partial charge in [-0.1, -0.05) is 46.3 Å². The lowest BCUT2D eigenvalue weighted by atomic mass is 9.93. The summed E-state index contributed by atoms with van der Waals surface area (Å²) < 4.78 is 36.9. The van der Waals surface area contributed by atoms with Crippen molar-refractivity contribution in [2.24, 2.45) is 0 Å². The number of alkyl halides is 4. The van der Waals surface area contributed by atoms with Gasteiger partial charge in [-0.2, -0.15) is 13.2 Å². The van der Waals surface area contributed by atoms with Gasteiger partial charge in [-0.3, -0.25) is 0 Å². The van der Waals surface area contributed by atoms with Crippen LogP contribution in [0.15, 0.2) is 30.3 Å². The van der Waals surface area contributed by atoms with Crippen molar-refractivity contribution in [3.05, 3.63) is 35.9 Å². The summed E-state index contributed by atoms with van der Waals surface area (Å²) in [7, 11) is 0. The third-order valence-corrected chi connectivity index (χ3v) is 2.66. The predicted octanol–water partition coefficient (Wildman–Crippen LogP) is 4.51. The Kier molecular flexibility index (Phi) is 4.64. The van der Waals surface area contributed by atoms with E-state index in [-0.39, 0.29) is 0 Å². The van der Waals surface area contributed by atoms with Crippen LogP contribution in [0.4, 0.5) is 13.2 Å². The maximum Gasteiger partial charge on any atom is 0.389 e. The van der Waals surface area contributed by atoms with Crippen LogP contribution >= 0.6 is 15.9 Å². The normalized spacial score (nSPS) is 13.9. The van der Waals surface area contributed by atoms with Gasteiger partial charge in [-0.25, -0.2) is 0 Å². The highest BCUT2D eigenvalue weighted by atomic mass is 79.9. The Morgan fingerprint density at radius 2 is 1.73 bits per heavy atom. The van der Waals surface area contributed by atoms with E-state index in [1.54, 1.807) is 24.3 Å². The Balaban J connectivity index is 2.75. The van der Waals surface area contributed by atoms with Crippen molar-refractivity contribution < 1.29 is 13.2 Å². The van der Waals surface area contributed by atoms with Crippen LogP contribution in [0.3, 0.4) is 0 Å². The van der Waals surface area contributed by atoms with E-state index in [1.165, 1.54) is 0 Å². The van der Waals surface area contributed by atoms with Crippen LogP contribution in [0.5, 0.6) is 0 Å². The van der Waals surface area contributed by atoms with Crippen LogP contribution in [0.2, 0.25) is 0 Å². The molecule has 0 heterocycles. The van der Waals surface area contributed by atoms with Crippen molar-refractivity contribution >= 4 is 15.9 Å². The molecular formula is C11H12BrF3. The quantitative estimate of drug-likeness (QED) is 0.712. The third-order valence-electron chi connectivity index (χ3n) is 2.21. The molecule has 0 aliphatic rings. The van der Waals surface area contributed by atoms with Crippen molar-refractivity contribution in [3.8, 4) is 0 Å². The Morgan fingerprint density at radius 1 is 1.13 bits per heavy atom. The molecule has 0 aliphatic heterocycles. The number of hydrogen-bond acceptors (Lipinski definition) is 0. The van der Waals surface area contributed by atoms with Crippen molar-refractivity contribution in [2.45, 2.75) is 24.9 Å². The van der Waals surface area contributed by atoms with Gasteiger partial charge in [0.1, 0.15) is 0 Å².